The molecule has 0 radical (unpaired) electrons. The summed E-state index contributed by atoms with van der Waals surface area (Å²) in [6.45, 7) is 4.78. The summed E-state index contributed by atoms with van der Waals surface area (Å²) in [6, 6.07) is 0. The third-order valence-electron chi connectivity index (χ3n) is 8.85. The third kappa shape index (κ3) is 1.88. The summed E-state index contributed by atoms with van der Waals surface area (Å²) in [4.78, 5) is 23.8. The number of fused-ring (bicyclic) bond motifs is 6. The lowest BCUT2D eigenvalue weighted by Crippen LogP contribution is -2.53. The molecule has 0 bridgehead atoms. The quantitative estimate of drug-likeness (QED) is 0.615. The molecule has 1 aliphatic heterocycles. The first kappa shape index (κ1) is 15.8. The molecule has 0 aromatic rings. The van der Waals surface area contributed by atoms with E-state index in [1.165, 1.54) is 18.4 Å². The smallest absolute Gasteiger partial charge is 0.306 e. The summed E-state index contributed by atoms with van der Waals surface area (Å²) in [7, 11) is 0. The van der Waals surface area contributed by atoms with Crippen LogP contribution in [0, 0.1) is 28.6 Å². The van der Waals surface area contributed by atoms with Crippen LogP contribution in [-0.2, 0) is 14.3 Å². The van der Waals surface area contributed by atoms with Gasteiger partial charge in [-0.15, -0.1) is 0 Å². The van der Waals surface area contributed by atoms with Gasteiger partial charge in [-0.25, -0.2) is 0 Å². The number of ketones is 1. The second-order valence-corrected chi connectivity index (χ2v) is 9.60. The molecule has 3 nitrogen and oxygen atoms in total. The monoisotopic (exact) mass is 340 g/mol. The largest absolute Gasteiger partial charge is 0.458 e. The molecule has 1 saturated heterocycles. The van der Waals surface area contributed by atoms with Gasteiger partial charge in [0.05, 0.1) is 0 Å². The van der Waals surface area contributed by atoms with Gasteiger partial charge in [0, 0.05) is 18.3 Å². The fourth-order valence-electron chi connectivity index (χ4n) is 7.29. The highest BCUT2D eigenvalue weighted by Gasteiger charge is 2.66. The minimum Gasteiger partial charge on any atom is -0.458 e. The molecular weight excluding hydrogens is 312 g/mol. The Morgan fingerprint density at radius 1 is 1.00 bits per heavy atom. The first-order valence-electron chi connectivity index (χ1n) is 10.0. The van der Waals surface area contributed by atoms with E-state index in [4.69, 9.17) is 4.74 Å². The van der Waals surface area contributed by atoms with Crippen LogP contribution in [0.2, 0.25) is 0 Å². The molecule has 134 valence electrons. The normalized spacial score (nSPS) is 51.0. The Morgan fingerprint density at radius 3 is 2.56 bits per heavy atom. The molecule has 0 N–H and O–H groups in total. The summed E-state index contributed by atoms with van der Waals surface area (Å²) in [6.07, 6.45) is 14.3. The Hall–Kier alpha value is -1.38. The molecule has 4 aliphatic carbocycles. The average molecular weight is 340 g/mol. The zero-order chi connectivity index (χ0) is 17.4. The molecule has 3 fully saturated rings. The molecule has 6 atom stereocenters. The maximum Gasteiger partial charge on any atom is 0.306 e. The lowest BCUT2D eigenvalue weighted by molar-refractivity contribution is -0.165. The van der Waals surface area contributed by atoms with Gasteiger partial charge in [-0.1, -0.05) is 26.0 Å². The Morgan fingerprint density at radius 2 is 1.80 bits per heavy atom. The Kier molecular flexibility index (Phi) is 3.08. The second kappa shape index (κ2) is 4.86. The maximum absolute atomic E-state index is 11.9. The van der Waals surface area contributed by atoms with E-state index < -0.39 is 0 Å². The Labute approximate surface area is 149 Å². The van der Waals surface area contributed by atoms with Gasteiger partial charge < -0.3 is 4.74 Å². The van der Waals surface area contributed by atoms with E-state index >= 15 is 0 Å². The van der Waals surface area contributed by atoms with Crippen LogP contribution < -0.4 is 0 Å². The van der Waals surface area contributed by atoms with Gasteiger partial charge in [0.25, 0.3) is 0 Å². The van der Waals surface area contributed by atoms with Crippen molar-refractivity contribution in [2.24, 2.45) is 28.6 Å². The van der Waals surface area contributed by atoms with Crippen molar-refractivity contribution in [1.29, 1.82) is 0 Å². The van der Waals surface area contributed by atoms with Crippen molar-refractivity contribution in [3.8, 4) is 0 Å². The molecule has 0 aromatic heterocycles. The third-order valence-corrected chi connectivity index (χ3v) is 8.85. The van der Waals surface area contributed by atoms with E-state index in [-0.39, 0.29) is 28.2 Å². The molecule has 25 heavy (non-hydrogen) atoms. The summed E-state index contributed by atoms with van der Waals surface area (Å²) < 4.78 is 5.99. The first-order valence-corrected chi connectivity index (χ1v) is 10.0. The molecule has 2 saturated carbocycles. The highest BCUT2D eigenvalue weighted by atomic mass is 16.6. The van der Waals surface area contributed by atoms with Crippen molar-refractivity contribution in [3.63, 3.8) is 0 Å². The molecule has 1 heterocycles. The molecule has 5 rings (SSSR count). The number of allylic oxidation sites excluding steroid dienone is 4. The van der Waals surface area contributed by atoms with E-state index in [1.807, 2.05) is 6.08 Å². The van der Waals surface area contributed by atoms with Crippen molar-refractivity contribution >= 4 is 11.8 Å². The van der Waals surface area contributed by atoms with Gasteiger partial charge in [-0.05, 0) is 73.3 Å². The molecule has 0 aromatic carbocycles. The van der Waals surface area contributed by atoms with Crippen molar-refractivity contribution in [3.05, 3.63) is 23.8 Å². The van der Waals surface area contributed by atoms with Crippen molar-refractivity contribution < 1.29 is 14.3 Å². The van der Waals surface area contributed by atoms with E-state index in [1.54, 1.807) is 0 Å². The topological polar surface area (TPSA) is 43.4 Å². The minimum atomic E-state index is -0.201. The number of ether oxygens (including phenoxy) is 1. The fraction of sp³-hybridized carbons (Fsp3) is 0.727. The minimum absolute atomic E-state index is 0.00570. The molecular formula is C22H28O3. The van der Waals surface area contributed by atoms with Crippen molar-refractivity contribution in [1.82, 2.24) is 0 Å². The molecule has 3 heteroatoms. The van der Waals surface area contributed by atoms with Crippen LogP contribution in [0.5, 0.6) is 0 Å². The highest BCUT2D eigenvalue weighted by Crippen LogP contribution is 2.68. The molecule has 1 spiro atoms. The Balaban J connectivity index is 1.53. The fourth-order valence-corrected chi connectivity index (χ4v) is 7.29. The Bertz CT molecular complexity index is 719. The van der Waals surface area contributed by atoms with Crippen molar-refractivity contribution in [2.45, 2.75) is 70.8 Å². The zero-order valence-corrected chi connectivity index (χ0v) is 15.3. The van der Waals surface area contributed by atoms with E-state index in [0.717, 1.165) is 25.7 Å². The van der Waals surface area contributed by atoms with Crippen LogP contribution in [0.15, 0.2) is 23.8 Å². The van der Waals surface area contributed by atoms with Gasteiger partial charge in [0.15, 0.2) is 5.78 Å². The summed E-state index contributed by atoms with van der Waals surface area (Å²) in [5, 5.41) is 0. The van der Waals surface area contributed by atoms with Gasteiger partial charge in [-0.3, -0.25) is 9.59 Å². The summed E-state index contributed by atoms with van der Waals surface area (Å²) >= 11 is 0. The number of hydrogen-bond acceptors (Lipinski definition) is 3. The summed E-state index contributed by atoms with van der Waals surface area (Å²) in [5.74, 6) is 2.08. The lowest BCUT2D eigenvalue weighted by Gasteiger charge is -2.57. The average Bonchev–Trinajstić information content (AvgIpc) is 3.10. The number of hydrogen-bond donors (Lipinski definition) is 0. The van der Waals surface area contributed by atoms with E-state index in [9.17, 15) is 9.59 Å². The first-order chi connectivity index (χ1) is 11.9. The predicted octanol–water partition coefficient (Wildman–Crippen LogP) is 4.37. The second-order valence-electron chi connectivity index (χ2n) is 9.60. The molecule has 0 amide bonds. The van der Waals surface area contributed by atoms with Crippen LogP contribution in [0.1, 0.15) is 65.2 Å². The number of esters is 1. The van der Waals surface area contributed by atoms with Gasteiger partial charge >= 0.3 is 5.97 Å². The highest BCUT2D eigenvalue weighted by molar-refractivity contribution is 5.92. The lowest BCUT2D eigenvalue weighted by atomic mass is 9.48. The maximum atomic E-state index is 11.9. The van der Waals surface area contributed by atoms with E-state index in [0.29, 0.717) is 30.6 Å². The number of rotatable bonds is 0. The van der Waals surface area contributed by atoms with Crippen LogP contribution in [-0.4, -0.2) is 17.4 Å². The zero-order valence-electron chi connectivity index (χ0n) is 15.3. The van der Waals surface area contributed by atoms with E-state index in [2.05, 4.69) is 26.0 Å². The molecule has 5 aliphatic rings. The number of carbonyl (C=O) groups is 2. The summed E-state index contributed by atoms with van der Waals surface area (Å²) in [5.41, 5.74) is 1.32. The van der Waals surface area contributed by atoms with Crippen LogP contribution in [0.25, 0.3) is 0 Å². The SMILES string of the molecule is C[C@]12CC[C@@H]3[C@H](C=CC4=CC(=O)CC[C@]43C)[C@@H]1CC[C@]21CCC(=O)O1. The molecule has 0 unspecified atom stereocenters. The standard InChI is InChI=1S/C22H28O3/c1-20-9-5-15(23)13-14(20)3-4-16-17(20)6-10-21(2)18(16)7-11-22(21)12-8-19(24)25-22/h3-4,13,16-18H,5-12H2,1-2H3/t16-,17+,18-,20+,21-,22-/m0/s1. The van der Waals surface area contributed by atoms with Crippen LogP contribution in [0.4, 0.5) is 0 Å². The van der Waals surface area contributed by atoms with Crippen molar-refractivity contribution in [2.75, 3.05) is 0 Å². The predicted molar refractivity (Wildman–Crippen MR) is 94.7 cm³/mol. The van der Waals surface area contributed by atoms with Crippen LogP contribution >= 0.6 is 0 Å². The van der Waals surface area contributed by atoms with Gasteiger partial charge in [0.1, 0.15) is 5.60 Å². The van der Waals surface area contributed by atoms with Gasteiger partial charge in [0.2, 0.25) is 0 Å². The van der Waals surface area contributed by atoms with Gasteiger partial charge in [-0.2, -0.15) is 0 Å². The number of carbonyl (C=O) groups excluding carboxylic acids is 2. The van der Waals surface area contributed by atoms with Crippen LogP contribution in [0.3, 0.4) is 0 Å².